The average Bonchev–Trinajstić information content (AvgIpc) is 2.38. The van der Waals surface area contributed by atoms with Gasteiger partial charge in [-0.2, -0.15) is 0 Å². The molecule has 0 unspecified atom stereocenters. The van der Waals surface area contributed by atoms with Gasteiger partial charge < -0.3 is 10.1 Å². The standard InChI is InChI=1S/C13H14ClN3O/c1-8-6-12(16-17-13(8)15-2)10-5-4-9(18-3)7-11(10)14/h4-7H,1-3H3,(H,15,17). The third-order valence-electron chi connectivity index (χ3n) is 2.67. The zero-order valence-electron chi connectivity index (χ0n) is 10.5. The van der Waals surface area contributed by atoms with Crippen molar-refractivity contribution in [1.82, 2.24) is 10.2 Å². The SMILES string of the molecule is CNc1nnc(-c2ccc(OC)cc2Cl)cc1C. The molecule has 0 aliphatic rings. The summed E-state index contributed by atoms with van der Waals surface area (Å²) >= 11 is 6.21. The number of nitrogens with one attached hydrogen (secondary N) is 1. The van der Waals surface area contributed by atoms with E-state index in [1.807, 2.05) is 32.2 Å². The maximum absolute atomic E-state index is 6.21. The number of halogens is 1. The molecule has 0 saturated carbocycles. The number of hydrogen-bond acceptors (Lipinski definition) is 4. The molecule has 94 valence electrons. The van der Waals surface area contributed by atoms with Crippen LogP contribution >= 0.6 is 11.6 Å². The highest BCUT2D eigenvalue weighted by Crippen LogP contribution is 2.30. The van der Waals surface area contributed by atoms with Gasteiger partial charge in [-0.05, 0) is 36.8 Å². The summed E-state index contributed by atoms with van der Waals surface area (Å²) < 4.78 is 5.12. The molecule has 0 amide bonds. The summed E-state index contributed by atoms with van der Waals surface area (Å²) in [6, 6.07) is 7.44. The van der Waals surface area contributed by atoms with E-state index in [0.29, 0.717) is 5.02 Å². The van der Waals surface area contributed by atoms with Crippen molar-refractivity contribution in [3.63, 3.8) is 0 Å². The number of methoxy groups -OCH3 is 1. The first-order valence-electron chi connectivity index (χ1n) is 5.51. The highest BCUT2D eigenvalue weighted by molar-refractivity contribution is 6.33. The van der Waals surface area contributed by atoms with Crippen LogP contribution in [0, 0.1) is 6.92 Å². The van der Waals surface area contributed by atoms with Crippen molar-refractivity contribution in [1.29, 1.82) is 0 Å². The van der Waals surface area contributed by atoms with Crippen molar-refractivity contribution in [3.05, 3.63) is 34.9 Å². The van der Waals surface area contributed by atoms with E-state index in [0.717, 1.165) is 28.4 Å². The Kier molecular flexibility index (Phi) is 3.67. The van der Waals surface area contributed by atoms with Crippen molar-refractivity contribution in [2.24, 2.45) is 0 Å². The van der Waals surface area contributed by atoms with E-state index in [-0.39, 0.29) is 0 Å². The maximum Gasteiger partial charge on any atom is 0.151 e. The Morgan fingerprint density at radius 1 is 1.22 bits per heavy atom. The second-order valence-electron chi connectivity index (χ2n) is 3.86. The first-order chi connectivity index (χ1) is 8.65. The molecule has 0 spiro atoms. The van der Waals surface area contributed by atoms with E-state index in [9.17, 15) is 0 Å². The Morgan fingerprint density at radius 3 is 2.56 bits per heavy atom. The highest BCUT2D eigenvalue weighted by atomic mass is 35.5. The molecule has 0 fully saturated rings. The Morgan fingerprint density at radius 2 is 2.00 bits per heavy atom. The lowest BCUT2D eigenvalue weighted by molar-refractivity contribution is 0.415. The summed E-state index contributed by atoms with van der Waals surface area (Å²) in [6.07, 6.45) is 0. The highest BCUT2D eigenvalue weighted by Gasteiger charge is 2.09. The van der Waals surface area contributed by atoms with Crippen LogP contribution in [0.1, 0.15) is 5.56 Å². The quantitative estimate of drug-likeness (QED) is 0.924. The summed E-state index contributed by atoms with van der Waals surface area (Å²) in [5.41, 5.74) is 2.62. The van der Waals surface area contributed by atoms with Crippen molar-refractivity contribution >= 4 is 17.4 Å². The number of anilines is 1. The molecule has 0 saturated heterocycles. The van der Waals surface area contributed by atoms with Crippen molar-refractivity contribution in [3.8, 4) is 17.0 Å². The molecular formula is C13H14ClN3O. The molecule has 0 atom stereocenters. The largest absolute Gasteiger partial charge is 0.497 e. The van der Waals surface area contributed by atoms with Gasteiger partial charge in [0, 0.05) is 12.6 Å². The van der Waals surface area contributed by atoms with Gasteiger partial charge in [-0.15, -0.1) is 10.2 Å². The Labute approximate surface area is 111 Å². The Balaban J connectivity index is 2.45. The average molecular weight is 264 g/mol. The van der Waals surface area contributed by atoms with E-state index in [2.05, 4.69) is 15.5 Å². The second-order valence-corrected chi connectivity index (χ2v) is 4.26. The molecule has 2 aromatic rings. The summed E-state index contributed by atoms with van der Waals surface area (Å²) in [7, 11) is 3.42. The molecule has 0 aliphatic carbocycles. The minimum atomic E-state index is 0.597. The topological polar surface area (TPSA) is 47.0 Å². The van der Waals surface area contributed by atoms with Crippen LogP contribution in [0.15, 0.2) is 24.3 Å². The van der Waals surface area contributed by atoms with Crippen LogP contribution in [-0.4, -0.2) is 24.4 Å². The van der Waals surface area contributed by atoms with Gasteiger partial charge in [0.05, 0.1) is 17.8 Å². The normalized spacial score (nSPS) is 10.2. The summed E-state index contributed by atoms with van der Waals surface area (Å²) in [6.45, 7) is 1.97. The predicted molar refractivity (Wildman–Crippen MR) is 73.3 cm³/mol. The predicted octanol–water partition coefficient (Wildman–Crippen LogP) is 3.16. The van der Waals surface area contributed by atoms with Crippen LogP contribution in [0.25, 0.3) is 11.3 Å². The fourth-order valence-electron chi connectivity index (χ4n) is 1.69. The van der Waals surface area contributed by atoms with Gasteiger partial charge in [0.2, 0.25) is 0 Å². The Bertz CT molecular complexity index is 572. The maximum atomic E-state index is 6.21. The molecule has 1 heterocycles. The number of benzene rings is 1. The number of aromatic nitrogens is 2. The van der Waals surface area contributed by atoms with E-state index in [1.54, 1.807) is 13.2 Å². The molecule has 2 rings (SSSR count). The monoisotopic (exact) mass is 263 g/mol. The number of ether oxygens (including phenoxy) is 1. The first-order valence-corrected chi connectivity index (χ1v) is 5.89. The van der Waals surface area contributed by atoms with Gasteiger partial charge in [0.1, 0.15) is 5.75 Å². The van der Waals surface area contributed by atoms with E-state index in [4.69, 9.17) is 16.3 Å². The van der Waals surface area contributed by atoms with Gasteiger partial charge in [-0.25, -0.2) is 0 Å². The van der Waals surface area contributed by atoms with Crippen molar-refractivity contribution in [2.75, 3.05) is 19.5 Å². The van der Waals surface area contributed by atoms with Crippen LogP contribution in [0.2, 0.25) is 5.02 Å². The van der Waals surface area contributed by atoms with Gasteiger partial charge in [0.15, 0.2) is 5.82 Å². The molecule has 1 aromatic heterocycles. The van der Waals surface area contributed by atoms with Crippen molar-refractivity contribution in [2.45, 2.75) is 6.92 Å². The fourth-order valence-corrected chi connectivity index (χ4v) is 1.96. The third kappa shape index (κ3) is 2.38. The van der Waals surface area contributed by atoms with E-state index >= 15 is 0 Å². The van der Waals surface area contributed by atoms with Gasteiger partial charge in [-0.1, -0.05) is 11.6 Å². The lowest BCUT2D eigenvalue weighted by atomic mass is 10.1. The number of rotatable bonds is 3. The first kappa shape index (κ1) is 12.6. The van der Waals surface area contributed by atoms with Gasteiger partial charge in [0.25, 0.3) is 0 Å². The zero-order valence-corrected chi connectivity index (χ0v) is 11.2. The molecule has 0 aliphatic heterocycles. The third-order valence-corrected chi connectivity index (χ3v) is 2.99. The molecule has 1 N–H and O–H groups in total. The lowest BCUT2D eigenvalue weighted by Gasteiger charge is -2.08. The van der Waals surface area contributed by atoms with Crippen molar-refractivity contribution < 1.29 is 4.74 Å². The van der Waals surface area contributed by atoms with Gasteiger partial charge >= 0.3 is 0 Å². The molecule has 4 nitrogen and oxygen atoms in total. The molecule has 1 aromatic carbocycles. The minimum absolute atomic E-state index is 0.597. The van der Waals surface area contributed by atoms with Gasteiger partial charge in [-0.3, -0.25) is 0 Å². The number of aryl methyl sites for hydroxylation is 1. The van der Waals surface area contributed by atoms with Crippen LogP contribution in [0.5, 0.6) is 5.75 Å². The molecule has 5 heteroatoms. The van der Waals surface area contributed by atoms with E-state index in [1.165, 1.54) is 0 Å². The summed E-state index contributed by atoms with van der Waals surface area (Å²) in [4.78, 5) is 0. The Hall–Kier alpha value is -1.81. The molecule has 18 heavy (non-hydrogen) atoms. The lowest BCUT2D eigenvalue weighted by Crippen LogP contribution is -1.99. The number of hydrogen-bond donors (Lipinski definition) is 1. The van der Waals surface area contributed by atoms with Crippen LogP contribution in [0.3, 0.4) is 0 Å². The minimum Gasteiger partial charge on any atom is -0.497 e. The smallest absolute Gasteiger partial charge is 0.151 e. The molecule has 0 bridgehead atoms. The molecule has 0 radical (unpaired) electrons. The van der Waals surface area contributed by atoms with E-state index < -0.39 is 0 Å². The number of nitrogens with zero attached hydrogens (tertiary/aromatic N) is 2. The van der Waals surface area contributed by atoms with Crippen LogP contribution in [0.4, 0.5) is 5.82 Å². The fraction of sp³-hybridized carbons (Fsp3) is 0.231. The summed E-state index contributed by atoms with van der Waals surface area (Å²) in [5.74, 6) is 1.49. The summed E-state index contributed by atoms with van der Waals surface area (Å²) in [5, 5.41) is 11.8. The second kappa shape index (κ2) is 5.23. The van der Waals surface area contributed by atoms with Crippen LogP contribution in [-0.2, 0) is 0 Å². The zero-order chi connectivity index (χ0) is 13.1. The molecular weight excluding hydrogens is 250 g/mol. The van der Waals surface area contributed by atoms with Crippen LogP contribution < -0.4 is 10.1 Å².